The molecule has 0 saturated carbocycles. The van der Waals surface area contributed by atoms with E-state index in [1.165, 1.54) is 11.1 Å². The number of rotatable bonds is 2. The lowest BCUT2D eigenvalue weighted by Crippen LogP contribution is -2.40. The lowest BCUT2D eigenvalue weighted by molar-refractivity contribution is 0.497. The van der Waals surface area contributed by atoms with Gasteiger partial charge in [-0.15, -0.1) is 10.2 Å². The summed E-state index contributed by atoms with van der Waals surface area (Å²) >= 11 is 0. The molecule has 1 saturated heterocycles. The average Bonchev–Trinajstić information content (AvgIpc) is 2.89. The van der Waals surface area contributed by atoms with E-state index in [1.807, 2.05) is 17.8 Å². The van der Waals surface area contributed by atoms with Gasteiger partial charge in [-0.1, -0.05) is 0 Å². The largest absolute Gasteiger partial charge is 0.355 e. The first kappa shape index (κ1) is 14.0. The Bertz CT molecular complexity index is 640. The Morgan fingerprint density at radius 1 is 1.14 bits per heavy atom. The lowest BCUT2D eigenvalue weighted by Gasteiger charge is -2.32. The molecule has 6 nitrogen and oxygen atoms in total. The smallest absolute Gasteiger partial charge is 0.154 e. The van der Waals surface area contributed by atoms with Gasteiger partial charge < -0.3 is 10.6 Å². The molecule has 3 rings (SSSR count). The van der Waals surface area contributed by atoms with Crippen molar-refractivity contribution in [2.45, 2.75) is 32.7 Å². The fourth-order valence-electron chi connectivity index (χ4n) is 2.85. The van der Waals surface area contributed by atoms with Gasteiger partial charge in [-0.05, 0) is 43.9 Å². The van der Waals surface area contributed by atoms with Gasteiger partial charge in [-0.3, -0.25) is 4.68 Å². The van der Waals surface area contributed by atoms with Gasteiger partial charge in [0.1, 0.15) is 5.69 Å². The molecule has 2 N–H and O–H groups in total. The van der Waals surface area contributed by atoms with Gasteiger partial charge in [0.15, 0.2) is 5.82 Å². The van der Waals surface area contributed by atoms with Crippen LogP contribution in [0.2, 0.25) is 0 Å². The van der Waals surface area contributed by atoms with Crippen molar-refractivity contribution in [2.24, 2.45) is 12.8 Å². The molecule has 6 heteroatoms. The van der Waals surface area contributed by atoms with Crippen LogP contribution in [0.15, 0.2) is 12.3 Å². The van der Waals surface area contributed by atoms with Gasteiger partial charge in [-0.25, -0.2) is 0 Å². The minimum absolute atomic E-state index is 0.323. The van der Waals surface area contributed by atoms with Crippen molar-refractivity contribution in [1.82, 2.24) is 20.0 Å². The van der Waals surface area contributed by atoms with Crippen molar-refractivity contribution in [3.8, 4) is 11.4 Å². The van der Waals surface area contributed by atoms with Gasteiger partial charge in [-0.2, -0.15) is 5.10 Å². The van der Waals surface area contributed by atoms with Gasteiger partial charge >= 0.3 is 0 Å². The van der Waals surface area contributed by atoms with Crippen LogP contribution in [0.3, 0.4) is 0 Å². The van der Waals surface area contributed by atoms with Crippen LogP contribution in [-0.4, -0.2) is 39.1 Å². The third kappa shape index (κ3) is 2.51. The molecule has 0 atom stereocenters. The SMILES string of the molecule is Cc1c(-c2ccnn2C)nnc(N2CCC(N)CC2)c1C. The molecular formula is C15H22N6. The quantitative estimate of drug-likeness (QED) is 0.904. The zero-order chi connectivity index (χ0) is 15.0. The van der Waals surface area contributed by atoms with Crippen LogP contribution < -0.4 is 10.6 Å². The summed E-state index contributed by atoms with van der Waals surface area (Å²) in [4.78, 5) is 2.30. The molecule has 3 heterocycles. The number of piperidine rings is 1. The van der Waals surface area contributed by atoms with Crippen molar-refractivity contribution in [3.05, 3.63) is 23.4 Å². The average molecular weight is 286 g/mol. The zero-order valence-electron chi connectivity index (χ0n) is 12.9. The third-order valence-electron chi connectivity index (χ3n) is 4.40. The minimum atomic E-state index is 0.323. The number of aryl methyl sites for hydroxylation is 1. The van der Waals surface area contributed by atoms with E-state index in [9.17, 15) is 0 Å². The standard InChI is InChI=1S/C15H22N6/c1-10-11(2)15(21-8-5-12(16)6-9-21)19-18-14(10)13-4-7-17-20(13)3/h4,7,12H,5-6,8-9,16H2,1-3H3. The van der Waals surface area contributed by atoms with Gasteiger partial charge in [0, 0.05) is 32.4 Å². The predicted octanol–water partition coefficient (Wildman–Crippen LogP) is 1.42. The van der Waals surface area contributed by atoms with Gasteiger partial charge in [0.2, 0.25) is 0 Å². The fourth-order valence-corrected chi connectivity index (χ4v) is 2.85. The third-order valence-corrected chi connectivity index (χ3v) is 4.40. The molecule has 112 valence electrons. The van der Waals surface area contributed by atoms with Gasteiger partial charge in [0.25, 0.3) is 0 Å². The minimum Gasteiger partial charge on any atom is -0.355 e. The second-order valence-electron chi connectivity index (χ2n) is 5.79. The highest BCUT2D eigenvalue weighted by molar-refractivity contribution is 5.64. The highest BCUT2D eigenvalue weighted by Crippen LogP contribution is 2.28. The summed E-state index contributed by atoms with van der Waals surface area (Å²) in [7, 11) is 1.92. The van der Waals surface area contributed by atoms with E-state index >= 15 is 0 Å². The van der Waals surface area contributed by atoms with E-state index in [0.29, 0.717) is 6.04 Å². The summed E-state index contributed by atoms with van der Waals surface area (Å²) in [6.07, 6.45) is 3.82. The van der Waals surface area contributed by atoms with Crippen LogP contribution in [0.1, 0.15) is 24.0 Å². The first-order chi connectivity index (χ1) is 10.1. The van der Waals surface area contributed by atoms with E-state index in [2.05, 4.69) is 34.0 Å². The summed E-state index contributed by atoms with van der Waals surface area (Å²) < 4.78 is 1.83. The maximum atomic E-state index is 5.98. The molecule has 21 heavy (non-hydrogen) atoms. The highest BCUT2D eigenvalue weighted by Gasteiger charge is 2.21. The summed E-state index contributed by atoms with van der Waals surface area (Å²) in [5.41, 5.74) is 10.2. The Morgan fingerprint density at radius 2 is 1.86 bits per heavy atom. The molecule has 2 aromatic rings. The number of aromatic nitrogens is 4. The molecule has 0 unspecified atom stereocenters. The predicted molar refractivity (Wildman–Crippen MR) is 83.1 cm³/mol. The Balaban J connectivity index is 1.95. The van der Waals surface area contributed by atoms with Crippen LogP contribution in [0.4, 0.5) is 5.82 Å². The Labute approximate surface area is 125 Å². The second kappa shape index (κ2) is 5.44. The van der Waals surface area contributed by atoms with Crippen LogP contribution in [0, 0.1) is 13.8 Å². The fraction of sp³-hybridized carbons (Fsp3) is 0.533. The highest BCUT2D eigenvalue weighted by atomic mass is 15.3. The lowest BCUT2D eigenvalue weighted by atomic mass is 10.0. The van der Waals surface area contributed by atoms with Crippen molar-refractivity contribution in [3.63, 3.8) is 0 Å². The molecular weight excluding hydrogens is 264 g/mol. The first-order valence-corrected chi connectivity index (χ1v) is 7.40. The maximum absolute atomic E-state index is 5.98. The van der Waals surface area contributed by atoms with Crippen molar-refractivity contribution in [2.75, 3.05) is 18.0 Å². The first-order valence-electron chi connectivity index (χ1n) is 7.40. The van der Waals surface area contributed by atoms with E-state index in [1.54, 1.807) is 6.20 Å². The number of nitrogens with two attached hydrogens (primary N) is 1. The van der Waals surface area contributed by atoms with E-state index < -0.39 is 0 Å². The zero-order valence-corrected chi connectivity index (χ0v) is 12.9. The molecule has 1 aliphatic rings. The maximum Gasteiger partial charge on any atom is 0.154 e. The van der Waals surface area contributed by atoms with Crippen LogP contribution in [-0.2, 0) is 7.05 Å². The molecule has 0 aliphatic carbocycles. The summed E-state index contributed by atoms with van der Waals surface area (Å²) in [6.45, 7) is 6.14. The topological polar surface area (TPSA) is 72.9 Å². The molecule has 2 aromatic heterocycles. The van der Waals surface area contributed by atoms with Crippen molar-refractivity contribution in [1.29, 1.82) is 0 Å². The molecule has 0 aromatic carbocycles. The van der Waals surface area contributed by atoms with Crippen LogP contribution >= 0.6 is 0 Å². The van der Waals surface area contributed by atoms with E-state index in [4.69, 9.17) is 5.73 Å². The molecule has 0 radical (unpaired) electrons. The van der Waals surface area contributed by atoms with Crippen LogP contribution in [0.25, 0.3) is 11.4 Å². The Morgan fingerprint density at radius 3 is 2.48 bits per heavy atom. The Hall–Kier alpha value is -1.95. The molecule has 0 amide bonds. The summed E-state index contributed by atoms with van der Waals surface area (Å²) in [6, 6.07) is 2.29. The number of anilines is 1. The van der Waals surface area contributed by atoms with E-state index in [-0.39, 0.29) is 0 Å². The number of hydrogen-bond acceptors (Lipinski definition) is 5. The monoisotopic (exact) mass is 286 g/mol. The molecule has 0 bridgehead atoms. The molecule has 1 aliphatic heterocycles. The summed E-state index contributed by atoms with van der Waals surface area (Å²) in [5.74, 6) is 0.991. The number of hydrogen-bond donors (Lipinski definition) is 1. The summed E-state index contributed by atoms with van der Waals surface area (Å²) in [5, 5.41) is 13.1. The van der Waals surface area contributed by atoms with E-state index in [0.717, 1.165) is 43.1 Å². The normalized spacial score (nSPS) is 16.5. The van der Waals surface area contributed by atoms with Crippen molar-refractivity contribution >= 4 is 5.82 Å². The molecule has 0 spiro atoms. The second-order valence-corrected chi connectivity index (χ2v) is 5.79. The number of nitrogens with zero attached hydrogens (tertiary/aromatic N) is 5. The Kier molecular flexibility index (Phi) is 3.63. The van der Waals surface area contributed by atoms with Gasteiger partial charge in [0.05, 0.1) is 5.69 Å². The van der Waals surface area contributed by atoms with Crippen molar-refractivity contribution < 1.29 is 0 Å². The van der Waals surface area contributed by atoms with Crippen LogP contribution in [0.5, 0.6) is 0 Å². The molecule has 1 fully saturated rings.